The van der Waals surface area contributed by atoms with Crippen LogP contribution >= 0.6 is 0 Å². The summed E-state index contributed by atoms with van der Waals surface area (Å²) < 4.78 is 5.52. The van der Waals surface area contributed by atoms with E-state index in [0.717, 1.165) is 31.2 Å². The number of para-hydroxylation sites is 1. The molecule has 4 nitrogen and oxygen atoms in total. The number of nitrogens with zero attached hydrogens (tertiary/aromatic N) is 1. The normalized spacial score (nSPS) is 14.7. The second-order valence-corrected chi connectivity index (χ2v) is 5.90. The molecule has 1 aliphatic rings. The maximum atomic E-state index is 12.7. The maximum absolute atomic E-state index is 12.7. The van der Waals surface area contributed by atoms with Crippen molar-refractivity contribution in [2.75, 3.05) is 0 Å². The average Bonchev–Trinajstić information content (AvgIpc) is 3.10. The Morgan fingerprint density at radius 3 is 2.57 bits per heavy atom. The predicted molar refractivity (Wildman–Crippen MR) is 86.4 cm³/mol. The Hall–Kier alpha value is -2.49. The summed E-state index contributed by atoms with van der Waals surface area (Å²) in [5, 5.41) is 0. The van der Waals surface area contributed by atoms with E-state index in [9.17, 15) is 9.59 Å². The van der Waals surface area contributed by atoms with Crippen LogP contribution in [0, 0.1) is 12.8 Å². The van der Waals surface area contributed by atoms with Crippen molar-refractivity contribution in [3.63, 3.8) is 0 Å². The molecule has 2 aromatic rings. The fraction of sp³-hybridized carbons (Fsp3) is 0.316. The van der Waals surface area contributed by atoms with Gasteiger partial charge in [0.05, 0.1) is 11.5 Å². The minimum absolute atomic E-state index is 0.0465. The molecule has 0 aliphatic heterocycles. The molecule has 0 N–H and O–H groups in total. The van der Waals surface area contributed by atoms with Crippen molar-refractivity contribution in [1.29, 1.82) is 0 Å². The Labute approximate surface area is 135 Å². The van der Waals surface area contributed by atoms with Gasteiger partial charge in [0, 0.05) is 6.20 Å². The zero-order valence-corrected chi connectivity index (χ0v) is 13.1. The molecule has 0 spiro atoms. The lowest BCUT2D eigenvalue weighted by Gasteiger charge is -2.12. The minimum Gasteiger partial charge on any atom is -0.426 e. The summed E-state index contributed by atoms with van der Waals surface area (Å²) in [6.07, 6.45) is 5.46. The Morgan fingerprint density at radius 1 is 1.09 bits per heavy atom. The molecule has 0 atom stereocenters. The first kappa shape index (κ1) is 15.4. The largest absolute Gasteiger partial charge is 0.426 e. The van der Waals surface area contributed by atoms with Gasteiger partial charge in [0.2, 0.25) is 5.78 Å². The van der Waals surface area contributed by atoms with E-state index >= 15 is 0 Å². The molecule has 1 aromatic carbocycles. The first-order chi connectivity index (χ1) is 11.2. The second kappa shape index (κ2) is 6.73. The smallest absolute Gasteiger partial charge is 0.314 e. The molecule has 1 fully saturated rings. The Kier molecular flexibility index (Phi) is 4.51. The number of carbonyl (C=O) groups excluding carboxylic acids is 2. The van der Waals surface area contributed by atoms with Crippen LogP contribution in [0.25, 0.3) is 0 Å². The summed E-state index contributed by atoms with van der Waals surface area (Å²) in [6.45, 7) is 1.84. The summed E-state index contributed by atoms with van der Waals surface area (Å²) in [5.74, 6) is -0.187. The lowest BCUT2D eigenvalue weighted by molar-refractivity contribution is -0.138. The number of aryl methyl sites for hydroxylation is 1. The number of ketones is 1. The van der Waals surface area contributed by atoms with E-state index in [-0.39, 0.29) is 17.7 Å². The van der Waals surface area contributed by atoms with Gasteiger partial charge in [-0.25, -0.2) is 0 Å². The number of ether oxygens (including phenoxy) is 1. The lowest BCUT2D eigenvalue weighted by Crippen LogP contribution is -2.19. The van der Waals surface area contributed by atoms with Crippen LogP contribution < -0.4 is 4.74 Å². The quantitative estimate of drug-likeness (QED) is 0.491. The Bertz CT molecular complexity index is 733. The number of benzene rings is 1. The van der Waals surface area contributed by atoms with Crippen LogP contribution in [0.15, 0.2) is 42.6 Å². The average molecular weight is 309 g/mol. The molecule has 4 heteroatoms. The van der Waals surface area contributed by atoms with Crippen LogP contribution in [-0.2, 0) is 4.79 Å². The van der Waals surface area contributed by atoms with Crippen molar-refractivity contribution in [3.8, 4) is 5.75 Å². The number of aromatic nitrogens is 1. The van der Waals surface area contributed by atoms with Gasteiger partial charge in [-0.2, -0.15) is 0 Å². The molecule has 1 heterocycles. The zero-order valence-electron chi connectivity index (χ0n) is 13.1. The van der Waals surface area contributed by atoms with Crippen LogP contribution in [0.2, 0.25) is 0 Å². The number of hydrogen-bond donors (Lipinski definition) is 0. The highest BCUT2D eigenvalue weighted by molar-refractivity contribution is 6.10. The molecule has 0 bridgehead atoms. The highest BCUT2D eigenvalue weighted by atomic mass is 16.5. The van der Waals surface area contributed by atoms with E-state index < -0.39 is 0 Å². The van der Waals surface area contributed by atoms with Crippen LogP contribution in [0.4, 0.5) is 0 Å². The number of carbonyl (C=O) groups is 2. The SMILES string of the molecule is Cc1cccnc1C(=O)c1ccccc1OC(=O)C1CCCC1. The fourth-order valence-corrected chi connectivity index (χ4v) is 2.95. The number of hydrogen-bond acceptors (Lipinski definition) is 4. The standard InChI is InChI=1S/C19H19NO3/c1-13-7-6-12-20-17(13)18(21)15-10-4-5-11-16(15)23-19(22)14-8-2-3-9-14/h4-7,10-12,14H,2-3,8-9H2,1H3. The maximum Gasteiger partial charge on any atom is 0.314 e. The van der Waals surface area contributed by atoms with E-state index in [2.05, 4.69) is 4.98 Å². The highest BCUT2D eigenvalue weighted by Crippen LogP contribution is 2.28. The fourth-order valence-electron chi connectivity index (χ4n) is 2.95. The Balaban J connectivity index is 1.87. The topological polar surface area (TPSA) is 56.3 Å². The van der Waals surface area contributed by atoms with Gasteiger partial charge >= 0.3 is 5.97 Å². The van der Waals surface area contributed by atoms with Crippen LogP contribution in [0.5, 0.6) is 5.75 Å². The molecular formula is C19H19NO3. The number of rotatable bonds is 4. The zero-order chi connectivity index (χ0) is 16.2. The monoisotopic (exact) mass is 309 g/mol. The molecule has 0 amide bonds. The van der Waals surface area contributed by atoms with Crippen LogP contribution in [-0.4, -0.2) is 16.7 Å². The van der Waals surface area contributed by atoms with Crippen molar-refractivity contribution in [3.05, 3.63) is 59.4 Å². The predicted octanol–water partition coefficient (Wildman–Crippen LogP) is 3.72. The van der Waals surface area contributed by atoms with Crippen LogP contribution in [0.3, 0.4) is 0 Å². The van der Waals surface area contributed by atoms with Gasteiger partial charge in [-0.05, 0) is 43.5 Å². The van der Waals surface area contributed by atoms with E-state index in [4.69, 9.17) is 4.74 Å². The summed E-state index contributed by atoms with van der Waals surface area (Å²) >= 11 is 0. The summed E-state index contributed by atoms with van der Waals surface area (Å²) in [7, 11) is 0. The minimum atomic E-state index is -0.236. The van der Waals surface area contributed by atoms with E-state index in [1.165, 1.54) is 0 Å². The third kappa shape index (κ3) is 3.31. The van der Waals surface area contributed by atoms with Crippen LogP contribution in [0.1, 0.15) is 47.3 Å². The first-order valence-corrected chi connectivity index (χ1v) is 7.94. The summed E-state index contributed by atoms with van der Waals surface area (Å²) in [4.78, 5) is 29.1. The molecule has 118 valence electrons. The molecule has 0 saturated heterocycles. The highest BCUT2D eigenvalue weighted by Gasteiger charge is 2.26. The number of esters is 1. The van der Waals surface area contributed by atoms with E-state index in [0.29, 0.717) is 17.0 Å². The van der Waals surface area contributed by atoms with Gasteiger partial charge in [-0.3, -0.25) is 14.6 Å². The van der Waals surface area contributed by atoms with Gasteiger partial charge < -0.3 is 4.74 Å². The van der Waals surface area contributed by atoms with Crippen molar-refractivity contribution < 1.29 is 14.3 Å². The molecule has 3 rings (SSSR count). The molecular weight excluding hydrogens is 290 g/mol. The second-order valence-electron chi connectivity index (χ2n) is 5.90. The van der Waals surface area contributed by atoms with E-state index in [1.807, 2.05) is 13.0 Å². The van der Waals surface area contributed by atoms with Crippen molar-refractivity contribution in [2.24, 2.45) is 5.92 Å². The molecule has 1 aromatic heterocycles. The van der Waals surface area contributed by atoms with Crippen molar-refractivity contribution in [1.82, 2.24) is 4.98 Å². The molecule has 23 heavy (non-hydrogen) atoms. The molecule has 0 radical (unpaired) electrons. The van der Waals surface area contributed by atoms with Crippen molar-refractivity contribution >= 4 is 11.8 Å². The summed E-state index contributed by atoms with van der Waals surface area (Å²) in [6, 6.07) is 10.5. The van der Waals surface area contributed by atoms with E-state index in [1.54, 1.807) is 36.5 Å². The third-order valence-electron chi connectivity index (χ3n) is 4.26. The van der Waals surface area contributed by atoms with Gasteiger partial charge in [0.1, 0.15) is 11.4 Å². The van der Waals surface area contributed by atoms with Gasteiger partial charge in [-0.1, -0.05) is 31.0 Å². The molecule has 1 saturated carbocycles. The Morgan fingerprint density at radius 2 is 1.83 bits per heavy atom. The lowest BCUT2D eigenvalue weighted by atomic mass is 10.0. The molecule has 0 unspecified atom stereocenters. The molecule has 1 aliphatic carbocycles. The van der Waals surface area contributed by atoms with Gasteiger partial charge in [0.25, 0.3) is 0 Å². The first-order valence-electron chi connectivity index (χ1n) is 7.94. The van der Waals surface area contributed by atoms with Gasteiger partial charge in [0.15, 0.2) is 0 Å². The number of pyridine rings is 1. The third-order valence-corrected chi connectivity index (χ3v) is 4.26. The van der Waals surface area contributed by atoms with Crippen molar-refractivity contribution in [2.45, 2.75) is 32.6 Å². The summed E-state index contributed by atoms with van der Waals surface area (Å²) in [5.41, 5.74) is 1.56. The van der Waals surface area contributed by atoms with Gasteiger partial charge in [-0.15, -0.1) is 0 Å².